The average Bonchev–Trinajstić information content (AvgIpc) is 1.63. The Kier molecular flexibility index (Phi) is 4.72. The normalized spacial score (nSPS) is 17.3. The summed E-state index contributed by atoms with van der Waals surface area (Å²) in [4.78, 5) is 0. The summed E-state index contributed by atoms with van der Waals surface area (Å²) < 4.78 is 0. The number of hydrogen-bond donors (Lipinski definition) is 2. The molecule has 0 unspecified atom stereocenters. The molecule has 2 atom stereocenters. The van der Waals surface area contributed by atoms with E-state index in [0.29, 0.717) is 6.42 Å². The molecule has 0 aromatic carbocycles. The quantitative estimate of drug-likeness (QED) is 0.597. The first-order valence-corrected chi connectivity index (χ1v) is 3.53. The molecule has 2 nitrogen and oxygen atoms in total. The molecular formula is C7H16O2. The van der Waals surface area contributed by atoms with Gasteiger partial charge in [0, 0.05) is 0 Å². The van der Waals surface area contributed by atoms with Gasteiger partial charge in [0.1, 0.15) is 0 Å². The number of aliphatic hydroxyl groups is 2. The van der Waals surface area contributed by atoms with Gasteiger partial charge in [-0.3, -0.25) is 0 Å². The van der Waals surface area contributed by atoms with E-state index in [0.717, 1.165) is 12.8 Å². The highest BCUT2D eigenvalue weighted by Crippen LogP contribution is 2.03. The van der Waals surface area contributed by atoms with Crippen LogP contribution in [0.1, 0.15) is 33.1 Å². The number of rotatable bonds is 4. The summed E-state index contributed by atoms with van der Waals surface area (Å²) in [6.07, 6.45) is 1.61. The third-order valence-corrected chi connectivity index (χ3v) is 1.24. The second-order valence-electron chi connectivity index (χ2n) is 2.53. The van der Waals surface area contributed by atoms with Crippen molar-refractivity contribution < 1.29 is 10.2 Å². The zero-order chi connectivity index (χ0) is 7.28. The fourth-order valence-electron chi connectivity index (χ4n) is 0.845. The molecule has 0 aliphatic rings. The van der Waals surface area contributed by atoms with Gasteiger partial charge in [0.05, 0.1) is 12.2 Å². The van der Waals surface area contributed by atoms with Crippen molar-refractivity contribution in [3.05, 3.63) is 0 Å². The second-order valence-corrected chi connectivity index (χ2v) is 2.53. The molecule has 0 aliphatic carbocycles. The van der Waals surface area contributed by atoms with Crippen molar-refractivity contribution in [2.75, 3.05) is 0 Å². The Balaban J connectivity index is 3.15. The fraction of sp³-hybridized carbons (Fsp3) is 1.00. The van der Waals surface area contributed by atoms with Gasteiger partial charge in [-0.25, -0.2) is 0 Å². The maximum Gasteiger partial charge on any atom is 0.0564 e. The molecule has 2 N–H and O–H groups in total. The molecule has 0 aliphatic heterocycles. The Morgan fingerprint density at radius 2 is 1.89 bits per heavy atom. The van der Waals surface area contributed by atoms with E-state index in [2.05, 4.69) is 0 Å². The van der Waals surface area contributed by atoms with Gasteiger partial charge in [-0.05, 0) is 19.8 Å². The van der Waals surface area contributed by atoms with Crippen molar-refractivity contribution in [3.8, 4) is 0 Å². The van der Waals surface area contributed by atoms with E-state index in [-0.39, 0.29) is 12.2 Å². The van der Waals surface area contributed by atoms with Crippen LogP contribution in [0.3, 0.4) is 0 Å². The summed E-state index contributed by atoms with van der Waals surface area (Å²) >= 11 is 0. The molecule has 0 saturated carbocycles. The van der Waals surface area contributed by atoms with Crippen molar-refractivity contribution >= 4 is 0 Å². The van der Waals surface area contributed by atoms with Crippen LogP contribution in [0.2, 0.25) is 0 Å². The van der Waals surface area contributed by atoms with Crippen LogP contribution < -0.4 is 0 Å². The molecule has 0 rings (SSSR count). The molecule has 0 radical (unpaired) electrons. The lowest BCUT2D eigenvalue weighted by Crippen LogP contribution is -2.13. The molecule has 0 saturated heterocycles. The average molecular weight is 132 g/mol. The Bertz CT molecular complexity index is 61.9. The lowest BCUT2D eigenvalue weighted by molar-refractivity contribution is 0.0848. The minimum Gasteiger partial charge on any atom is -0.393 e. The van der Waals surface area contributed by atoms with Gasteiger partial charge in [-0.15, -0.1) is 0 Å². The van der Waals surface area contributed by atoms with Crippen LogP contribution in [0.15, 0.2) is 0 Å². The van der Waals surface area contributed by atoms with E-state index in [1.807, 2.05) is 6.92 Å². The largest absolute Gasteiger partial charge is 0.393 e. The van der Waals surface area contributed by atoms with Crippen molar-refractivity contribution in [1.82, 2.24) is 0 Å². The Morgan fingerprint density at radius 3 is 2.22 bits per heavy atom. The van der Waals surface area contributed by atoms with Crippen LogP contribution in [0.25, 0.3) is 0 Å². The summed E-state index contributed by atoms with van der Waals surface area (Å²) in [5, 5.41) is 17.8. The fourth-order valence-corrected chi connectivity index (χ4v) is 0.845. The Labute approximate surface area is 56.5 Å². The SMILES string of the molecule is CCC[C@@H](O)C[C@@H](C)O. The van der Waals surface area contributed by atoms with Gasteiger partial charge in [0.15, 0.2) is 0 Å². The molecule has 0 spiro atoms. The zero-order valence-electron chi connectivity index (χ0n) is 6.17. The van der Waals surface area contributed by atoms with E-state index < -0.39 is 0 Å². The molecule has 0 heterocycles. The maximum absolute atomic E-state index is 9.06. The summed E-state index contributed by atoms with van der Waals surface area (Å²) in [6, 6.07) is 0. The second kappa shape index (κ2) is 4.77. The van der Waals surface area contributed by atoms with Gasteiger partial charge in [0.2, 0.25) is 0 Å². The summed E-state index contributed by atoms with van der Waals surface area (Å²) in [5.74, 6) is 0. The van der Waals surface area contributed by atoms with Crippen molar-refractivity contribution in [2.24, 2.45) is 0 Å². The van der Waals surface area contributed by atoms with Crippen LogP contribution >= 0.6 is 0 Å². The molecule has 2 heteroatoms. The first-order chi connectivity index (χ1) is 4.16. The highest BCUT2D eigenvalue weighted by atomic mass is 16.3. The van der Waals surface area contributed by atoms with Crippen molar-refractivity contribution in [3.63, 3.8) is 0 Å². The van der Waals surface area contributed by atoms with E-state index in [1.165, 1.54) is 0 Å². The number of hydrogen-bond acceptors (Lipinski definition) is 2. The Hall–Kier alpha value is -0.0800. The molecule has 9 heavy (non-hydrogen) atoms. The van der Waals surface area contributed by atoms with Gasteiger partial charge in [0.25, 0.3) is 0 Å². The lowest BCUT2D eigenvalue weighted by Gasteiger charge is -2.09. The standard InChI is InChI=1S/C7H16O2/c1-3-4-7(9)5-6(2)8/h6-9H,3-5H2,1-2H3/t6-,7-/m1/s1. The summed E-state index contributed by atoms with van der Waals surface area (Å²) in [7, 11) is 0. The number of aliphatic hydroxyl groups excluding tert-OH is 2. The van der Waals surface area contributed by atoms with Crippen molar-refractivity contribution in [2.45, 2.75) is 45.3 Å². The monoisotopic (exact) mass is 132 g/mol. The summed E-state index contributed by atoms with van der Waals surface area (Å²) in [6.45, 7) is 3.71. The summed E-state index contributed by atoms with van der Waals surface area (Å²) in [5.41, 5.74) is 0. The van der Waals surface area contributed by atoms with Crippen molar-refractivity contribution in [1.29, 1.82) is 0 Å². The van der Waals surface area contributed by atoms with Gasteiger partial charge >= 0.3 is 0 Å². The van der Waals surface area contributed by atoms with Gasteiger partial charge < -0.3 is 10.2 Å². The highest BCUT2D eigenvalue weighted by Gasteiger charge is 2.05. The van der Waals surface area contributed by atoms with Crippen LogP contribution in [-0.2, 0) is 0 Å². The predicted molar refractivity (Wildman–Crippen MR) is 37.2 cm³/mol. The van der Waals surface area contributed by atoms with E-state index in [9.17, 15) is 0 Å². The highest BCUT2D eigenvalue weighted by molar-refractivity contribution is 4.57. The molecule has 0 amide bonds. The molecule has 0 aromatic rings. The molecule has 0 aromatic heterocycles. The predicted octanol–water partition coefficient (Wildman–Crippen LogP) is 0.918. The first-order valence-electron chi connectivity index (χ1n) is 3.53. The third kappa shape index (κ3) is 5.80. The Morgan fingerprint density at radius 1 is 1.33 bits per heavy atom. The molecule has 0 fully saturated rings. The van der Waals surface area contributed by atoms with E-state index >= 15 is 0 Å². The van der Waals surface area contributed by atoms with Crippen LogP contribution in [0.5, 0.6) is 0 Å². The minimum atomic E-state index is -0.369. The smallest absolute Gasteiger partial charge is 0.0564 e. The molecule has 0 bridgehead atoms. The van der Waals surface area contributed by atoms with Crippen LogP contribution in [0, 0.1) is 0 Å². The zero-order valence-corrected chi connectivity index (χ0v) is 6.17. The topological polar surface area (TPSA) is 40.5 Å². The van der Waals surface area contributed by atoms with E-state index in [4.69, 9.17) is 10.2 Å². The minimum absolute atomic E-state index is 0.310. The maximum atomic E-state index is 9.06. The lowest BCUT2D eigenvalue weighted by atomic mass is 10.1. The molecule has 56 valence electrons. The molecular weight excluding hydrogens is 116 g/mol. The van der Waals surface area contributed by atoms with Crippen LogP contribution in [-0.4, -0.2) is 22.4 Å². The van der Waals surface area contributed by atoms with Gasteiger partial charge in [-0.2, -0.15) is 0 Å². The van der Waals surface area contributed by atoms with E-state index in [1.54, 1.807) is 6.92 Å². The van der Waals surface area contributed by atoms with Crippen LogP contribution in [0.4, 0.5) is 0 Å². The van der Waals surface area contributed by atoms with Gasteiger partial charge in [-0.1, -0.05) is 13.3 Å². The third-order valence-electron chi connectivity index (χ3n) is 1.24. The first kappa shape index (κ1) is 8.92.